The fraction of sp³-hybridized carbons (Fsp3) is 0.308. The molecule has 10 heteroatoms. The fourth-order valence-electron chi connectivity index (χ4n) is 3.24. The molecule has 1 aromatic heterocycles. The summed E-state index contributed by atoms with van der Waals surface area (Å²) < 4.78 is 57.9. The third-order valence-electron chi connectivity index (χ3n) is 5.19. The molecular formula is C26H26F3NO6. The predicted octanol–water partition coefficient (Wildman–Crippen LogP) is 5.92. The number of pyridine rings is 1. The average Bonchev–Trinajstić information content (AvgIpc) is 2.79. The van der Waals surface area contributed by atoms with Crippen LogP contribution in [0.15, 0.2) is 54.7 Å². The zero-order valence-corrected chi connectivity index (χ0v) is 20.2. The number of halogens is 3. The minimum Gasteiger partial charge on any atom is -0.489 e. The number of hydrogen-bond donors (Lipinski definition) is 1. The number of carboxylic acids is 1. The van der Waals surface area contributed by atoms with Gasteiger partial charge in [-0.2, -0.15) is 0 Å². The third-order valence-corrected chi connectivity index (χ3v) is 5.19. The monoisotopic (exact) mass is 505 g/mol. The summed E-state index contributed by atoms with van der Waals surface area (Å²) in [4.78, 5) is 15.7. The fourth-order valence-corrected chi connectivity index (χ4v) is 3.24. The molecule has 0 spiro atoms. The van der Waals surface area contributed by atoms with E-state index in [4.69, 9.17) is 14.2 Å². The second kappa shape index (κ2) is 10.9. The molecule has 0 radical (unpaired) electrons. The van der Waals surface area contributed by atoms with Crippen molar-refractivity contribution in [3.8, 4) is 28.5 Å². The molecule has 7 nitrogen and oxygen atoms in total. The summed E-state index contributed by atoms with van der Waals surface area (Å²) in [5, 5.41) is 9.26. The Morgan fingerprint density at radius 1 is 0.944 bits per heavy atom. The number of aromatic nitrogens is 1. The molecule has 0 saturated carbocycles. The SMILES string of the molecule is COCc1cc(-c2ccc(OC(F)(F)F)cc2)ncc1COc1ccc(OC(C)(C)C(=O)O)c(C)c1. The van der Waals surface area contributed by atoms with E-state index in [9.17, 15) is 23.1 Å². The molecule has 0 aliphatic carbocycles. The van der Waals surface area contributed by atoms with Gasteiger partial charge in [-0.05, 0) is 80.4 Å². The van der Waals surface area contributed by atoms with Crippen LogP contribution < -0.4 is 14.2 Å². The van der Waals surface area contributed by atoms with Crippen molar-refractivity contribution in [1.29, 1.82) is 0 Å². The predicted molar refractivity (Wildman–Crippen MR) is 125 cm³/mol. The van der Waals surface area contributed by atoms with Gasteiger partial charge < -0.3 is 24.1 Å². The van der Waals surface area contributed by atoms with Crippen LogP contribution >= 0.6 is 0 Å². The van der Waals surface area contributed by atoms with Gasteiger partial charge in [0.1, 0.15) is 23.9 Å². The quantitative estimate of drug-likeness (QED) is 0.366. The van der Waals surface area contributed by atoms with E-state index in [2.05, 4.69) is 9.72 Å². The highest BCUT2D eigenvalue weighted by Crippen LogP contribution is 2.29. The van der Waals surface area contributed by atoms with E-state index in [0.717, 1.165) is 11.1 Å². The number of carboxylic acid groups (broad SMARTS) is 1. The number of aryl methyl sites for hydroxylation is 1. The molecule has 0 unspecified atom stereocenters. The minimum atomic E-state index is -4.76. The van der Waals surface area contributed by atoms with Crippen LogP contribution in [0.5, 0.6) is 17.2 Å². The number of alkyl halides is 3. The van der Waals surface area contributed by atoms with Gasteiger partial charge in [0.15, 0.2) is 5.60 Å². The highest BCUT2D eigenvalue weighted by molar-refractivity contribution is 5.76. The Labute approximate surface area is 206 Å². The molecule has 0 fully saturated rings. The summed E-state index contributed by atoms with van der Waals surface area (Å²) in [7, 11) is 1.55. The number of ether oxygens (including phenoxy) is 4. The van der Waals surface area contributed by atoms with Crippen molar-refractivity contribution in [2.45, 2.75) is 45.9 Å². The third kappa shape index (κ3) is 7.11. The molecule has 1 heterocycles. The van der Waals surface area contributed by atoms with Crippen LogP contribution in [-0.4, -0.2) is 35.1 Å². The van der Waals surface area contributed by atoms with E-state index in [1.807, 2.05) is 0 Å². The molecule has 0 saturated heterocycles. The lowest BCUT2D eigenvalue weighted by atomic mass is 10.1. The first-order valence-corrected chi connectivity index (χ1v) is 10.9. The van der Waals surface area contributed by atoms with Crippen molar-refractivity contribution in [1.82, 2.24) is 4.98 Å². The first kappa shape index (κ1) is 26.8. The summed E-state index contributed by atoms with van der Waals surface area (Å²) in [6, 6.07) is 12.3. The number of hydrogen-bond acceptors (Lipinski definition) is 6. The lowest BCUT2D eigenvalue weighted by Gasteiger charge is -2.23. The first-order chi connectivity index (χ1) is 16.9. The van der Waals surface area contributed by atoms with Gasteiger partial charge >= 0.3 is 12.3 Å². The number of carbonyl (C=O) groups is 1. The Morgan fingerprint density at radius 2 is 1.61 bits per heavy atom. The molecule has 0 amide bonds. The van der Waals surface area contributed by atoms with Crippen molar-refractivity contribution in [2.24, 2.45) is 0 Å². The number of rotatable bonds is 10. The second-order valence-corrected chi connectivity index (χ2v) is 8.48. The lowest BCUT2D eigenvalue weighted by Crippen LogP contribution is -2.38. The van der Waals surface area contributed by atoms with Gasteiger partial charge in [0.2, 0.25) is 0 Å². The molecule has 0 atom stereocenters. The standard InChI is InChI=1S/C26H26F3NO6/c1-16-11-21(9-10-23(16)36-25(2,3)24(31)32)34-15-19-13-30-22(12-18(19)14-33-4)17-5-7-20(8-6-17)35-26(27,28)29/h5-13H,14-15H2,1-4H3,(H,31,32). The number of methoxy groups -OCH3 is 1. The Morgan fingerprint density at radius 3 is 2.19 bits per heavy atom. The molecule has 0 aliphatic heterocycles. The van der Waals surface area contributed by atoms with Crippen molar-refractivity contribution in [3.63, 3.8) is 0 Å². The molecule has 3 rings (SSSR count). The van der Waals surface area contributed by atoms with Crippen LogP contribution in [0.1, 0.15) is 30.5 Å². The number of benzene rings is 2. The summed E-state index contributed by atoms with van der Waals surface area (Å²) in [5.74, 6) is -0.394. The zero-order chi connectivity index (χ0) is 26.5. The van der Waals surface area contributed by atoms with Crippen LogP contribution in [-0.2, 0) is 22.7 Å². The number of aliphatic carboxylic acids is 1. The summed E-state index contributed by atoms with van der Waals surface area (Å²) >= 11 is 0. The van der Waals surface area contributed by atoms with Crippen LogP contribution in [0.25, 0.3) is 11.3 Å². The van der Waals surface area contributed by atoms with Crippen LogP contribution in [0.4, 0.5) is 13.2 Å². The van der Waals surface area contributed by atoms with E-state index in [-0.39, 0.29) is 19.0 Å². The van der Waals surface area contributed by atoms with Gasteiger partial charge in [-0.15, -0.1) is 13.2 Å². The minimum absolute atomic E-state index is 0.185. The zero-order valence-electron chi connectivity index (χ0n) is 20.2. The van der Waals surface area contributed by atoms with Crippen LogP contribution in [0.3, 0.4) is 0 Å². The largest absolute Gasteiger partial charge is 0.573 e. The van der Waals surface area contributed by atoms with Crippen LogP contribution in [0, 0.1) is 6.92 Å². The smallest absolute Gasteiger partial charge is 0.489 e. The highest BCUT2D eigenvalue weighted by Gasteiger charge is 2.31. The molecule has 192 valence electrons. The van der Waals surface area contributed by atoms with E-state index in [1.54, 1.807) is 44.5 Å². The first-order valence-electron chi connectivity index (χ1n) is 10.9. The Kier molecular flexibility index (Phi) is 8.09. The van der Waals surface area contributed by atoms with E-state index >= 15 is 0 Å². The van der Waals surface area contributed by atoms with Crippen LogP contribution in [0.2, 0.25) is 0 Å². The van der Waals surface area contributed by atoms with Gasteiger partial charge in [-0.1, -0.05) is 0 Å². The maximum Gasteiger partial charge on any atom is 0.573 e. The van der Waals surface area contributed by atoms with Crippen molar-refractivity contribution >= 4 is 5.97 Å². The van der Waals surface area contributed by atoms with Gasteiger partial charge in [0.05, 0.1) is 12.3 Å². The van der Waals surface area contributed by atoms with Crippen molar-refractivity contribution in [2.75, 3.05) is 7.11 Å². The van der Waals surface area contributed by atoms with Gasteiger partial charge in [0, 0.05) is 24.4 Å². The van der Waals surface area contributed by atoms with Gasteiger partial charge in [0.25, 0.3) is 0 Å². The maximum atomic E-state index is 12.4. The van der Waals surface area contributed by atoms with E-state index < -0.39 is 17.9 Å². The molecule has 0 aliphatic rings. The molecule has 0 bridgehead atoms. The molecule has 36 heavy (non-hydrogen) atoms. The molecular weight excluding hydrogens is 479 g/mol. The average molecular weight is 505 g/mol. The van der Waals surface area contributed by atoms with E-state index in [0.29, 0.717) is 28.3 Å². The van der Waals surface area contributed by atoms with E-state index in [1.165, 1.54) is 38.1 Å². The second-order valence-electron chi connectivity index (χ2n) is 8.48. The maximum absolute atomic E-state index is 12.4. The topological polar surface area (TPSA) is 87.1 Å². The summed E-state index contributed by atoms with van der Waals surface area (Å²) in [6.07, 6.45) is -3.13. The molecule has 2 aromatic carbocycles. The Bertz CT molecular complexity index is 1210. The van der Waals surface area contributed by atoms with Crippen molar-refractivity contribution < 1.29 is 42.0 Å². The lowest BCUT2D eigenvalue weighted by molar-refractivity contribution is -0.274. The molecule has 3 aromatic rings. The molecule has 1 N–H and O–H groups in total. The summed E-state index contributed by atoms with van der Waals surface area (Å²) in [5.41, 5.74) is 2.08. The Balaban J connectivity index is 1.73. The van der Waals surface area contributed by atoms with Crippen molar-refractivity contribution in [3.05, 3.63) is 71.4 Å². The Hall–Kier alpha value is -3.79. The van der Waals surface area contributed by atoms with Gasteiger partial charge in [-0.3, -0.25) is 4.98 Å². The van der Waals surface area contributed by atoms with Gasteiger partial charge in [-0.25, -0.2) is 4.79 Å². The summed E-state index contributed by atoms with van der Waals surface area (Å²) in [6.45, 7) is 5.19. The normalized spacial score (nSPS) is 11.8. The highest BCUT2D eigenvalue weighted by atomic mass is 19.4. The number of nitrogens with zero attached hydrogens (tertiary/aromatic N) is 1.